The van der Waals surface area contributed by atoms with Crippen molar-refractivity contribution in [3.05, 3.63) is 16.5 Å². The molecule has 0 aliphatic carbocycles. The Morgan fingerprint density at radius 1 is 1.47 bits per heavy atom. The molecule has 1 aromatic heterocycles. The third-order valence-electron chi connectivity index (χ3n) is 2.83. The van der Waals surface area contributed by atoms with Crippen molar-refractivity contribution in [2.24, 2.45) is 5.73 Å². The minimum Gasteiger partial charge on any atom is -0.326 e. The monoisotopic (exact) mass is 338 g/mol. The van der Waals surface area contributed by atoms with Gasteiger partial charge in [0.2, 0.25) is 10.0 Å². The fourth-order valence-electron chi connectivity index (χ4n) is 1.75. The molecule has 0 saturated carbocycles. The highest BCUT2D eigenvalue weighted by atomic mass is 32.2. The zero-order chi connectivity index (χ0) is 13.9. The SMILES string of the molecule is Cc1cc(S(=O)(=O)NCC2CSCCS2)sc1CN. The lowest BCUT2D eigenvalue weighted by Crippen LogP contribution is -2.33. The van der Waals surface area contributed by atoms with E-state index in [4.69, 9.17) is 5.73 Å². The van der Waals surface area contributed by atoms with Crippen LogP contribution in [0.25, 0.3) is 0 Å². The normalized spacial score (nSPS) is 20.6. The summed E-state index contributed by atoms with van der Waals surface area (Å²) < 4.78 is 27.5. The molecule has 1 aromatic rings. The predicted octanol–water partition coefficient (Wildman–Crippen LogP) is 1.64. The molecule has 0 aromatic carbocycles. The summed E-state index contributed by atoms with van der Waals surface area (Å²) in [6, 6.07) is 1.71. The average molecular weight is 339 g/mol. The molecule has 1 unspecified atom stereocenters. The number of hydrogen-bond acceptors (Lipinski definition) is 6. The van der Waals surface area contributed by atoms with Gasteiger partial charge in [0.25, 0.3) is 0 Å². The highest BCUT2D eigenvalue weighted by molar-refractivity contribution is 8.06. The van der Waals surface area contributed by atoms with Crippen molar-refractivity contribution in [1.29, 1.82) is 0 Å². The van der Waals surface area contributed by atoms with E-state index in [0.29, 0.717) is 22.5 Å². The molecular formula is C11H18N2O2S4. The van der Waals surface area contributed by atoms with Crippen molar-refractivity contribution in [2.75, 3.05) is 23.8 Å². The molecule has 0 amide bonds. The van der Waals surface area contributed by atoms with Gasteiger partial charge in [0, 0.05) is 40.5 Å². The maximum Gasteiger partial charge on any atom is 0.250 e. The van der Waals surface area contributed by atoms with Crippen molar-refractivity contribution in [3.8, 4) is 0 Å². The summed E-state index contributed by atoms with van der Waals surface area (Å²) in [7, 11) is -3.38. The summed E-state index contributed by atoms with van der Waals surface area (Å²) >= 11 is 5.00. The third-order valence-corrected chi connectivity index (χ3v) is 8.84. The fraction of sp³-hybridized carbons (Fsp3) is 0.636. The summed E-state index contributed by atoms with van der Waals surface area (Å²) in [6.45, 7) is 2.79. The minimum absolute atomic E-state index is 0.374. The van der Waals surface area contributed by atoms with E-state index in [1.807, 2.05) is 30.4 Å². The maximum absolute atomic E-state index is 12.2. The Kier molecular flexibility index (Phi) is 5.62. The molecule has 1 atom stereocenters. The molecule has 4 nitrogen and oxygen atoms in total. The van der Waals surface area contributed by atoms with Crippen LogP contribution in [0.4, 0.5) is 0 Å². The lowest BCUT2D eigenvalue weighted by Gasteiger charge is -2.20. The van der Waals surface area contributed by atoms with Crippen LogP contribution in [0.15, 0.2) is 10.3 Å². The first-order valence-electron chi connectivity index (χ1n) is 6.01. The molecule has 0 bridgehead atoms. The van der Waals surface area contributed by atoms with E-state index in [-0.39, 0.29) is 0 Å². The number of thiophene rings is 1. The Bertz CT molecular complexity index is 521. The Morgan fingerprint density at radius 3 is 2.84 bits per heavy atom. The molecule has 0 spiro atoms. The lowest BCUT2D eigenvalue weighted by atomic mass is 10.3. The Balaban J connectivity index is 2.00. The van der Waals surface area contributed by atoms with Gasteiger partial charge in [-0.3, -0.25) is 0 Å². The van der Waals surface area contributed by atoms with Gasteiger partial charge in [-0.25, -0.2) is 13.1 Å². The van der Waals surface area contributed by atoms with Crippen LogP contribution in [-0.4, -0.2) is 37.5 Å². The van der Waals surface area contributed by atoms with E-state index in [1.165, 1.54) is 11.3 Å². The summed E-state index contributed by atoms with van der Waals surface area (Å²) in [5.41, 5.74) is 6.54. The third kappa shape index (κ3) is 4.12. The molecule has 8 heteroatoms. The van der Waals surface area contributed by atoms with Crippen LogP contribution in [0.5, 0.6) is 0 Å². The number of nitrogens with two attached hydrogens (primary N) is 1. The van der Waals surface area contributed by atoms with E-state index in [1.54, 1.807) is 6.07 Å². The number of hydrogen-bond donors (Lipinski definition) is 2. The maximum atomic E-state index is 12.2. The van der Waals surface area contributed by atoms with Gasteiger partial charge in [0.1, 0.15) is 4.21 Å². The van der Waals surface area contributed by atoms with E-state index < -0.39 is 10.0 Å². The molecule has 1 fully saturated rings. The van der Waals surface area contributed by atoms with Crippen molar-refractivity contribution in [3.63, 3.8) is 0 Å². The summed E-state index contributed by atoms with van der Waals surface area (Å²) in [6.07, 6.45) is 0. The fourth-order valence-corrected chi connectivity index (χ4v) is 7.06. The van der Waals surface area contributed by atoms with Gasteiger partial charge < -0.3 is 5.73 Å². The minimum atomic E-state index is -3.38. The highest BCUT2D eigenvalue weighted by Crippen LogP contribution is 2.27. The zero-order valence-corrected chi connectivity index (χ0v) is 14.0. The molecule has 3 N–H and O–H groups in total. The van der Waals surface area contributed by atoms with Crippen molar-refractivity contribution in [2.45, 2.75) is 22.9 Å². The Labute approximate surface area is 127 Å². The molecule has 2 heterocycles. The second-order valence-corrected chi connectivity index (χ2v) is 9.98. The van der Waals surface area contributed by atoms with E-state index in [9.17, 15) is 8.42 Å². The van der Waals surface area contributed by atoms with Crippen LogP contribution in [0.2, 0.25) is 0 Å². The van der Waals surface area contributed by atoms with Crippen LogP contribution in [-0.2, 0) is 16.6 Å². The summed E-state index contributed by atoms with van der Waals surface area (Å²) in [5, 5.41) is 0.378. The van der Waals surface area contributed by atoms with Crippen LogP contribution >= 0.6 is 34.9 Å². The second kappa shape index (κ2) is 6.82. The smallest absolute Gasteiger partial charge is 0.250 e. The van der Waals surface area contributed by atoms with Crippen LogP contribution in [0, 0.1) is 6.92 Å². The van der Waals surface area contributed by atoms with E-state index in [0.717, 1.165) is 27.7 Å². The molecule has 0 radical (unpaired) electrons. The molecule has 1 saturated heterocycles. The molecule has 19 heavy (non-hydrogen) atoms. The van der Waals surface area contributed by atoms with Gasteiger partial charge in [-0.05, 0) is 18.6 Å². The quantitative estimate of drug-likeness (QED) is 0.854. The average Bonchev–Trinajstić information content (AvgIpc) is 2.80. The number of nitrogens with one attached hydrogen (secondary N) is 1. The highest BCUT2D eigenvalue weighted by Gasteiger charge is 2.21. The van der Waals surface area contributed by atoms with Gasteiger partial charge in [-0.2, -0.15) is 23.5 Å². The van der Waals surface area contributed by atoms with Gasteiger partial charge in [0.05, 0.1) is 0 Å². The topological polar surface area (TPSA) is 72.2 Å². The standard InChI is InChI=1S/C11H18N2O2S4/c1-8-4-11(18-10(8)5-12)19(14,15)13-6-9-7-16-2-3-17-9/h4,9,13H,2-3,5-7,12H2,1H3. The van der Waals surface area contributed by atoms with E-state index >= 15 is 0 Å². The van der Waals surface area contributed by atoms with Gasteiger partial charge >= 0.3 is 0 Å². The molecule has 2 rings (SSSR count). The largest absolute Gasteiger partial charge is 0.326 e. The lowest BCUT2D eigenvalue weighted by molar-refractivity contribution is 0.583. The number of thioether (sulfide) groups is 2. The van der Waals surface area contributed by atoms with Gasteiger partial charge in [0.15, 0.2) is 0 Å². The number of aryl methyl sites for hydroxylation is 1. The summed E-state index contributed by atoms with van der Waals surface area (Å²) in [5.74, 6) is 3.29. The number of rotatable bonds is 5. The molecule has 108 valence electrons. The van der Waals surface area contributed by atoms with Crippen LogP contribution < -0.4 is 10.5 Å². The first-order valence-corrected chi connectivity index (χ1v) is 10.5. The van der Waals surface area contributed by atoms with Crippen molar-refractivity contribution >= 4 is 44.9 Å². The van der Waals surface area contributed by atoms with Crippen LogP contribution in [0.1, 0.15) is 10.4 Å². The second-order valence-electron chi connectivity index (χ2n) is 4.30. The van der Waals surface area contributed by atoms with Gasteiger partial charge in [-0.15, -0.1) is 11.3 Å². The zero-order valence-electron chi connectivity index (χ0n) is 10.7. The predicted molar refractivity (Wildman–Crippen MR) is 85.7 cm³/mol. The molecule has 1 aliphatic rings. The van der Waals surface area contributed by atoms with Crippen molar-refractivity contribution in [1.82, 2.24) is 4.72 Å². The van der Waals surface area contributed by atoms with Crippen LogP contribution in [0.3, 0.4) is 0 Å². The van der Waals surface area contributed by atoms with Gasteiger partial charge in [-0.1, -0.05) is 0 Å². The molecule has 1 aliphatic heterocycles. The Hall–Kier alpha value is 0.270. The first-order chi connectivity index (χ1) is 9.03. The Morgan fingerprint density at radius 2 is 2.26 bits per heavy atom. The number of sulfonamides is 1. The first kappa shape index (κ1) is 15.7. The molecular weight excluding hydrogens is 320 g/mol. The summed E-state index contributed by atoms with van der Waals surface area (Å²) in [4.78, 5) is 0.933. The van der Waals surface area contributed by atoms with E-state index in [2.05, 4.69) is 4.72 Å². The van der Waals surface area contributed by atoms with Crippen molar-refractivity contribution < 1.29 is 8.42 Å².